The van der Waals surface area contributed by atoms with Crippen molar-refractivity contribution < 1.29 is 9.90 Å². The summed E-state index contributed by atoms with van der Waals surface area (Å²) in [5, 5.41) is 22.4. The summed E-state index contributed by atoms with van der Waals surface area (Å²) >= 11 is 0. The number of aliphatic hydroxyl groups is 1. The van der Waals surface area contributed by atoms with Crippen LogP contribution >= 0.6 is 0 Å². The van der Waals surface area contributed by atoms with E-state index in [4.69, 9.17) is 0 Å². The number of urea groups is 1. The Hall–Kier alpha value is -2.10. The predicted molar refractivity (Wildman–Crippen MR) is 104 cm³/mol. The molecule has 0 saturated carbocycles. The zero-order chi connectivity index (χ0) is 19.1. The maximum Gasteiger partial charge on any atom is 0.317 e. The van der Waals surface area contributed by atoms with E-state index in [2.05, 4.69) is 16.3 Å². The fraction of sp³-hybridized carbons (Fsp3) is 0.619. The second-order valence-electron chi connectivity index (χ2n) is 7.73. The van der Waals surface area contributed by atoms with Crippen LogP contribution in [0.4, 0.5) is 4.79 Å². The van der Waals surface area contributed by atoms with Gasteiger partial charge >= 0.3 is 6.03 Å². The van der Waals surface area contributed by atoms with Crippen LogP contribution in [0.1, 0.15) is 37.7 Å². The van der Waals surface area contributed by atoms with E-state index in [1.54, 1.807) is 0 Å². The summed E-state index contributed by atoms with van der Waals surface area (Å²) < 4.78 is 0. The van der Waals surface area contributed by atoms with Crippen LogP contribution < -0.4 is 5.32 Å². The highest BCUT2D eigenvalue weighted by Gasteiger charge is 2.37. The Morgan fingerprint density at radius 1 is 1.26 bits per heavy atom. The third kappa shape index (κ3) is 5.00. The van der Waals surface area contributed by atoms with Gasteiger partial charge in [-0.3, -0.25) is 0 Å². The van der Waals surface area contributed by atoms with Gasteiger partial charge < -0.3 is 20.2 Å². The van der Waals surface area contributed by atoms with Gasteiger partial charge in [-0.25, -0.2) is 4.79 Å². The molecule has 6 heteroatoms. The molecular formula is C21H30N4O2. The molecule has 0 bridgehead atoms. The molecule has 146 valence electrons. The van der Waals surface area contributed by atoms with Gasteiger partial charge in [-0.05, 0) is 50.8 Å². The molecule has 2 heterocycles. The van der Waals surface area contributed by atoms with E-state index in [1.807, 2.05) is 35.2 Å². The van der Waals surface area contributed by atoms with Gasteiger partial charge in [0.2, 0.25) is 0 Å². The van der Waals surface area contributed by atoms with Crippen molar-refractivity contribution in [3.05, 3.63) is 35.9 Å². The minimum Gasteiger partial charge on any atom is -0.392 e. The van der Waals surface area contributed by atoms with E-state index in [0.29, 0.717) is 32.5 Å². The van der Waals surface area contributed by atoms with E-state index in [1.165, 1.54) is 0 Å². The Labute approximate surface area is 161 Å². The zero-order valence-electron chi connectivity index (χ0n) is 15.9. The molecule has 0 radical (unpaired) electrons. The van der Waals surface area contributed by atoms with E-state index >= 15 is 0 Å². The third-order valence-corrected chi connectivity index (χ3v) is 5.85. The number of aliphatic hydroxyl groups excluding tert-OH is 1. The quantitative estimate of drug-likeness (QED) is 0.778. The molecule has 1 aromatic rings. The minimum absolute atomic E-state index is 0.0340. The van der Waals surface area contributed by atoms with E-state index in [-0.39, 0.29) is 12.1 Å². The molecule has 3 rings (SSSR count). The first-order chi connectivity index (χ1) is 13.1. The van der Waals surface area contributed by atoms with Crippen LogP contribution in [-0.4, -0.2) is 66.3 Å². The Bertz CT molecular complexity index is 650. The number of nitriles is 1. The van der Waals surface area contributed by atoms with Crippen LogP contribution in [0.25, 0.3) is 0 Å². The molecule has 2 fully saturated rings. The third-order valence-electron chi connectivity index (χ3n) is 5.85. The summed E-state index contributed by atoms with van der Waals surface area (Å²) in [5.74, 6) is 0. The highest BCUT2D eigenvalue weighted by Crippen LogP contribution is 2.34. The topological polar surface area (TPSA) is 79.6 Å². The summed E-state index contributed by atoms with van der Waals surface area (Å²) in [6.07, 6.45) is 3.97. The second-order valence-corrected chi connectivity index (χ2v) is 7.73. The number of likely N-dealkylation sites (tertiary alicyclic amines) is 2. The molecule has 1 atom stereocenters. The number of hydrogen-bond acceptors (Lipinski definition) is 4. The van der Waals surface area contributed by atoms with Crippen LogP contribution in [0.3, 0.4) is 0 Å². The number of β-amino-alcohol motifs (C(OH)–C–C–N with tert-alkyl or cyclic N) is 1. The van der Waals surface area contributed by atoms with Crippen molar-refractivity contribution in [3.8, 4) is 6.07 Å². The summed E-state index contributed by atoms with van der Waals surface area (Å²) in [6, 6.07) is 12.4. The number of nitrogens with one attached hydrogen (secondary N) is 1. The average molecular weight is 370 g/mol. The molecule has 0 aliphatic carbocycles. The van der Waals surface area contributed by atoms with Gasteiger partial charge in [-0.1, -0.05) is 30.3 Å². The highest BCUT2D eigenvalue weighted by atomic mass is 16.3. The second kappa shape index (κ2) is 9.20. The largest absolute Gasteiger partial charge is 0.392 e. The van der Waals surface area contributed by atoms with Crippen LogP contribution in [-0.2, 0) is 5.41 Å². The fourth-order valence-electron chi connectivity index (χ4n) is 4.16. The number of piperidine rings is 2. The van der Waals surface area contributed by atoms with Crippen molar-refractivity contribution in [2.75, 3.05) is 39.3 Å². The van der Waals surface area contributed by atoms with Gasteiger partial charge in [0.1, 0.15) is 0 Å². The Kier molecular flexibility index (Phi) is 6.70. The summed E-state index contributed by atoms with van der Waals surface area (Å²) in [6.45, 7) is 4.54. The lowest BCUT2D eigenvalue weighted by Crippen LogP contribution is -2.48. The smallest absolute Gasteiger partial charge is 0.317 e. The number of carbonyl (C=O) groups is 1. The number of nitrogens with zero attached hydrogens (tertiary/aromatic N) is 3. The van der Waals surface area contributed by atoms with Crippen molar-refractivity contribution in [3.63, 3.8) is 0 Å². The molecule has 6 nitrogen and oxygen atoms in total. The van der Waals surface area contributed by atoms with Gasteiger partial charge in [0.25, 0.3) is 0 Å². The zero-order valence-corrected chi connectivity index (χ0v) is 15.9. The Balaban J connectivity index is 1.40. The lowest BCUT2D eigenvalue weighted by Gasteiger charge is -2.37. The highest BCUT2D eigenvalue weighted by molar-refractivity contribution is 5.74. The number of amides is 2. The lowest BCUT2D eigenvalue weighted by atomic mass is 9.74. The molecule has 1 aromatic carbocycles. The molecule has 0 spiro atoms. The number of rotatable bonds is 5. The number of hydrogen-bond donors (Lipinski definition) is 2. The van der Waals surface area contributed by atoms with Gasteiger partial charge in [0, 0.05) is 26.2 Å². The molecule has 2 saturated heterocycles. The van der Waals surface area contributed by atoms with Crippen molar-refractivity contribution in [1.29, 1.82) is 5.26 Å². The first-order valence-corrected chi connectivity index (χ1v) is 10.0. The first-order valence-electron chi connectivity index (χ1n) is 10.0. The summed E-state index contributed by atoms with van der Waals surface area (Å²) in [4.78, 5) is 16.5. The molecule has 27 heavy (non-hydrogen) atoms. The van der Waals surface area contributed by atoms with Gasteiger partial charge in [-0.15, -0.1) is 0 Å². The number of carbonyl (C=O) groups excluding carboxylic acids is 1. The van der Waals surface area contributed by atoms with Gasteiger partial charge in [0.05, 0.1) is 17.6 Å². The van der Waals surface area contributed by atoms with Crippen LogP contribution in [0, 0.1) is 11.3 Å². The standard InChI is InChI=1S/C21H30N4O2/c22-17-21(18-6-2-1-3-7-18)9-14-25(15-10-21)20(27)23-11-5-13-24-12-4-8-19(26)16-24/h1-3,6-7,19,26H,4-5,8-16H2,(H,23,27). The Morgan fingerprint density at radius 3 is 2.67 bits per heavy atom. The SMILES string of the molecule is N#CC1(c2ccccc2)CCN(C(=O)NCCCN2CCCC(O)C2)CC1. The molecule has 2 N–H and O–H groups in total. The van der Waals surface area contributed by atoms with Crippen LogP contribution in [0.5, 0.6) is 0 Å². The molecule has 2 amide bonds. The molecule has 0 aromatic heterocycles. The van der Waals surface area contributed by atoms with Crippen LogP contribution in [0.2, 0.25) is 0 Å². The van der Waals surface area contributed by atoms with E-state index in [0.717, 1.165) is 44.5 Å². The van der Waals surface area contributed by atoms with Crippen molar-refractivity contribution in [2.45, 2.75) is 43.6 Å². The fourth-order valence-corrected chi connectivity index (χ4v) is 4.16. The molecular weight excluding hydrogens is 340 g/mol. The maximum atomic E-state index is 12.4. The average Bonchev–Trinajstić information content (AvgIpc) is 2.72. The first kappa shape index (κ1) is 19.7. The monoisotopic (exact) mass is 370 g/mol. The van der Waals surface area contributed by atoms with Crippen molar-refractivity contribution in [2.24, 2.45) is 0 Å². The molecule has 1 unspecified atom stereocenters. The van der Waals surface area contributed by atoms with E-state index in [9.17, 15) is 15.2 Å². The molecule has 2 aliphatic rings. The normalized spacial score (nSPS) is 22.8. The number of benzene rings is 1. The van der Waals surface area contributed by atoms with Gasteiger partial charge in [0.15, 0.2) is 0 Å². The lowest BCUT2D eigenvalue weighted by molar-refractivity contribution is 0.0701. The minimum atomic E-state index is -0.479. The molecule has 2 aliphatic heterocycles. The summed E-state index contributed by atoms with van der Waals surface area (Å²) in [7, 11) is 0. The van der Waals surface area contributed by atoms with Gasteiger partial charge in [-0.2, -0.15) is 5.26 Å². The van der Waals surface area contributed by atoms with E-state index < -0.39 is 5.41 Å². The van der Waals surface area contributed by atoms with Crippen LogP contribution in [0.15, 0.2) is 30.3 Å². The maximum absolute atomic E-state index is 12.4. The van der Waals surface area contributed by atoms with Crippen molar-refractivity contribution in [1.82, 2.24) is 15.1 Å². The Morgan fingerprint density at radius 2 is 2.00 bits per heavy atom. The predicted octanol–water partition coefficient (Wildman–Crippen LogP) is 2.10. The summed E-state index contributed by atoms with van der Waals surface area (Å²) in [5.41, 5.74) is 0.573. The van der Waals surface area contributed by atoms with Crippen molar-refractivity contribution >= 4 is 6.03 Å².